The number of anilines is 1. The molecule has 0 radical (unpaired) electrons. The van der Waals surface area contributed by atoms with E-state index in [4.69, 9.17) is 9.16 Å². The van der Waals surface area contributed by atoms with Crippen LogP contribution in [0.3, 0.4) is 0 Å². The van der Waals surface area contributed by atoms with Gasteiger partial charge in [0.25, 0.3) is 0 Å². The maximum absolute atomic E-state index is 13.8. The van der Waals surface area contributed by atoms with Gasteiger partial charge < -0.3 is 9.16 Å². The average Bonchev–Trinajstić information content (AvgIpc) is 2.84. The molecule has 1 atom stereocenters. The molecule has 0 unspecified atom stereocenters. The van der Waals surface area contributed by atoms with E-state index in [1.54, 1.807) is 26.8 Å². The Morgan fingerprint density at radius 1 is 1.02 bits per heavy atom. The predicted molar refractivity (Wildman–Crippen MR) is 176 cm³/mol. The first-order chi connectivity index (χ1) is 19.9. The predicted octanol–water partition coefficient (Wildman–Crippen LogP) is 6.90. The summed E-state index contributed by atoms with van der Waals surface area (Å²) in [5.41, 5.74) is 1.21. The Bertz CT molecular complexity index is 1480. The van der Waals surface area contributed by atoms with Crippen LogP contribution < -0.4 is 4.31 Å². The first-order valence-electron chi connectivity index (χ1n) is 14.6. The smallest absolute Gasteiger partial charge is 0.308 e. The number of rotatable bonds is 12. The van der Waals surface area contributed by atoms with Crippen LogP contribution in [0.4, 0.5) is 10.3 Å². The molecule has 0 aliphatic carbocycles. The molecule has 0 saturated heterocycles. The first-order valence-corrected chi connectivity index (χ1v) is 19.4. The fourth-order valence-corrected chi connectivity index (χ4v) is 5.71. The highest BCUT2D eigenvalue weighted by Crippen LogP contribution is 2.38. The summed E-state index contributed by atoms with van der Waals surface area (Å²) < 4.78 is 51.4. The Morgan fingerprint density at radius 2 is 1.59 bits per heavy atom. The first kappa shape index (κ1) is 37.2. The van der Waals surface area contributed by atoms with Gasteiger partial charge in [-0.1, -0.05) is 34.6 Å². The minimum atomic E-state index is -3.68. The van der Waals surface area contributed by atoms with Crippen molar-refractivity contribution in [3.05, 3.63) is 47.4 Å². The molecule has 0 saturated carbocycles. The van der Waals surface area contributed by atoms with E-state index in [2.05, 4.69) is 43.8 Å². The molecule has 0 bridgehead atoms. The van der Waals surface area contributed by atoms with Crippen molar-refractivity contribution >= 4 is 42.1 Å². The topological polar surface area (TPSA) is 116 Å². The van der Waals surface area contributed by atoms with Crippen LogP contribution >= 0.6 is 0 Å². The van der Waals surface area contributed by atoms with Gasteiger partial charge in [0.1, 0.15) is 11.4 Å². The van der Waals surface area contributed by atoms with Crippen molar-refractivity contribution in [3.63, 3.8) is 0 Å². The summed E-state index contributed by atoms with van der Waals surface area (Å²) in [4.78, 5) is 35.3. The Hall–Kier alpha value is -2.96. The zero-order valence-electron chi connectivity index (χ0n) is 28.1. The second kappa shape index (κ2) is 14.0. The lowest BCUT2D eigenvalue weighted by Gasteiger charge is -2.39. The SMILES string of the molecule is CC(C)c1nc(N(C)S(C)(=O)=O)nc(-c2ccc(F)cc2)c1C=CC(=O)C[C@H](CC(=O)OC(C)(C)C)O[Si](C)(C)C(C)(C)C. The highest BCUT2D eigenvalue weighted by molar-refractivity contribution is 7.92. The zero-order valence-corrected chi connectivity index (χ0v) is 29.9. The number of ether oxygens (including phenoxy) is 1. The molecule has 9 nitrogen and oxygen atoms in total. The molecule has 2 rings (SSSR count). The van der Waals surface area contributed by atoms with Gasteiger partial charge in [-0.3, -0.25) is 9.59 Å². The molecule has 1 aromatic carbocycles. The number of hydrogen-bond donors (Lipinski definition) is 0. The van der Waals surface area contributed by atoms with Crippen molar-refractivity contribution in [2.24, 2.45) is 0 Å². The Balaban J connectivity index is 2.58. The quantitative estimate of drug-likeness (QED) is 0.139. The largest absolute Gasteiger partial charge is 0.460 e. The molecule has 244 valence electrons. The highest BCUT2D eigenvalue weighted by Gasteiger charge is 2.40. The van der Waals surface area contributed by atoms with Crippen LogP contribution in [0.15, 0.2) is 30.3 Å². The molecule has 0 aliphatic rings. The van der Waals surface area contributed by atoms with Crippen molar-refractivity contribution in [2.45, 2.75) is 104 Å². The van der Waals surface area contributed by atoms with E-state index in [9.17, 15) is 22.4 Å². The van der Waals surface area contributed by atoms with E-state index in [1.165, 1.54) is 37.4 Å². The lowest BCUT2D eigenvalue weighted by atomic mass is 9.97. The fraction of sp³-hybridized carbons (Fsp3) is 0.562. The standard InChI is InChI=1S/C32H48FN3O6SSi/c1-21(2)28-26(29(22-13-15-23(33)16-14-22)35-30(34-28)36(9)43(10,39)40)18-17-24(37)19-25(20-27(38)41-31(3,4)5)42-44(11,12)32(6,7)8/h13-18,21,25H,19-20H2,1-12H3/t25-/m1/s1. The lowest BCUT2D eigenvalue weighted by molar-refractivity contribution is -0.156. The van der Waals surface area contributed by atoms with Gasteiger partial charge >= 0.3 is 5.97 Å². The summed E-state index contributed by atoms with van der Waals surface area (Å²) in [7, 11) is -4.67. The molecular formula is C32H48FN3O6SSi. The Morgan fingerprint density at radius 3 is 2.07 bits per heavy atom. The van der Waals surface area contributed by atoms with Crippen molar-refractivity contribution in [2.75, 3.05) is 17.6 Å². The number of sulfonamides is 1. The maximum Gasteiger partial charge on any atom is 0.308 e. The van der Waals surface area contributed by atoms with Gasteiger partial charge in [-0.25, -0.2) is 27.1 Å². The van der Waals surface area contributed by atoms with Crippen LogP contribution in [0, 0.1) is 5.82 Å². The molecule has 0 amide bonds. The van der Waals surface area contributed by atoms with E-state index in [0.717, 1.165) is 10.6 Å². The number of hydrogen-bond acceptors (Lipinski definition) is 8. The monoisotopic (exact) mass is 649 g/mol. The van der Waals surface area contributed by atoms with Crippen LogP contribution in [-0.4, -0.2) is 63.5 Å². The van der Waals surface area contributed by atoms with Crippen molar-refractivity contribution in [3.8, 4) is 11.3 Å². The molecule has 0 spiro atoms. The summed E-state index contributed by atoms with van der Waals surface area (Å²) in [5, 5.41) is -0.146. The van der Waals surface area contributed by atoms with Gasteiger partial charge in [0.2, 0.25) is 16.0 Å². The van der Waals surface area contributed by atoms with Crippen molar-refractivity contribution < 1.29 is 31.6 Å². The van der Waals surface area contributed by atoms with Crippen LogP contribution in [0.5, 0.6) is 0 Å². The molecule has 1 heterocycles. The molecule has 12 heteroatoms. The highest BCUT2D eigenvalue weighted by atomic mass is 32.2. The molecule has 0 N–H and O–H groups in total. The number of allylic oxidation sites excluding steroid dienone is 1. The summed E-state index contributed by atoms with van der Waals surface area (Å²) >= 11 is 0. The van der Waals surface area contributed by atoms with E-state index in [0.29, 0.717) is 22.5 Å². The van der Waals surface area contributed by atoms with Gasteiger partial charge in [-0.2, -0.15) is 0 Å². The minimum Gasteiger partial charge on any atom is -0.460 e. The van der Waals surface area contributed by atoms with E-state index in [-0.39, 0.29) is 35.5 Å². The second-order valence-electron chi connectivity index (χ2n) is 13.9. The molecular weight excluding hydrogens is 602 g/mol. The lowest BCUT2D eigenvalue weighted by Crippen LogP contribution is -2.45. The van der Waals surface area contributed by atoms with E-state index >= 15 is 0 Å². The third kappa shape index (κ3) is 10.6. The number of nitrogens with zero attached hydrogens (tertiary/aromatic N) is 3. The number of carbonyl (C=O) groups is 2. The van der Waals surface area contributed by atoms with Gasteiger partial charge in [0.15, 0.2) is 14.1 Å². The number of esters is 1. The van der Waals surface area contributed by atoms with Crippen molar-refractivity contribution in [1.82, 2.24) is 9.97 Å². The van der Waals surface area contributed by atoms with Gasteiger partial charge in [-0.15, -0.1) is 0 Å². The molecule has 44 heavy (non-hydrogen) atoms. The summed E-state index contributed by atoms with van der Waals surface area (Å²) in [6.45, 7) is 19.5. The normalized spacial score (nSPS) is 13.8. The van der Waals surface area contributed by atoms with Gasteiger partial charge in [-0.05, 0) is 81.2 Å². The third-order valence-corrected chi connectivity index (χ3v) is 13.0. The summed E-state index contributed by atoms with van der Waals surface area (Å²) in [5.74, 6) is -1.39. The van der Waals surface area contributed by atoms with Crippen LogP contribution in [0.1, 0.15) is 85.4 Å². The number of benzene rings is 1. The van der Waals surface area contributed by atoms with Gasteiger partial charge in [0.05, 0.1) is 30.2 Å². The second-order valence-corrected chi connectivity index (χ2v) is 20.6. The van der Waals surface area contributed by atoms with E-state index in [1.807, 2.05) is 13.8 Å². The van der Waals surface area contributed by atoms with Crippen LogP contribution in [0.25, 0.3) is 17.3 Å². The fourth-order valence-electron chi connectivity index (χ4n) is 3.98. The average molecular weight is 650 g/mol. The molecule has 2 aromatic rings. The van der Waals surface area contributed by atoms with Crippen LogP contribution in [0.2, 0.25) is 18.1 Å². The number of ketones is 1. The number of carbonyl (C=O) groups excluding carboxylic acids is 2. The Labute approximate surface area is 263 Å². The van der Waals surface area contributed by atoms with Crippen molar-refractivity contribution in [1.29, 1.82) is 0 Å². The van der Waals surface area contributed by atoms with E-state index < -0.39 is 41.8 Å². The summed E-state index contributed by atoms with van der Waals surface area (Å²) in [6.07, 6.45) is 3.23. The zero-order chi connectivity index (χ0) is 33.8. The number of aromatic nitrogens is 2. The Kier molecular flexibility index (Phi) is 11.8. The maximum atomic E-state index is 13.8. The minimum absolute atomic E-state index is 0.0424. The number of halogens is 1. The van der Waals surface area contributed by atoms with Gasteiger partial charge in [0, 0.05) is 24.6 Å². The van der Waals surface area contributed by atoms with Crippen LogP contribution in [-0.2, 0) is 28.8 Å². The molecule has 0 fully saturated rings. The third-order valence-electron chi connectivity index (χ3n) is 7.35. The molecule has 1 aromatic heterocycles. The molecule has 0 aliphatic heterocycles. The summed E-state index contributed by atoms with van der Waals surface area (Å²) in [6, 6.07) is 5.64.